The quantitative estimate of drug-likeness (QED) is 0.854. The summed E-state index contributed by atoms with van der Waals surface area (Å²) in [4.78, 5) is 16.0. The van der Waals surface area contributed by atoms with Crippen LogP contribution in [0.2, 0.25) is 0 Å². The van der Waals surface area contributed by atoms with Crippen molar-refractivity contribution in [1.29, 1.82) is 0 Å². The fourth-order valence-electron chi connectivity index (χ4n) is 2.50. The van der Waals surface area contributed by atoms with Gasteiger partial charge in [0.25, 0.3) is 0 Å². The number of aromatic nitrogens is 3. The summed E-state index contributed by atoms with van der Waals surface area (Å²) in [5.41, 5.74) is 0. The van der Waals surface area contributed by atoms with Crippen LogP contribution in [0, 0.1) is 5.82 Å². The Bertz CT molecular complexity index is 792. The first kappa shape index (κ1) is 15.6. The summed E-state index contributed by atoms with van der Waals surface area (Å²) in [5.74, 6) is -0.851. The molecule has 1 aliphatic rings. The minimum atomic E-state index is -3.87. The molecule has 0 bridgehead atoms. The number of sulfonamides is 1. The Morgan fingerprint density at radius 1 is 1.35 bits per heavy atom. The number of nitrogens with one attached hydrogen (secondary N) is 2. The van der Waals surface area contributed by atoms with Crippen LogP contribution in [0.3, 0.4) is 0 Å². The van der Waals surface area contributed by atoms with Crippen molar-refractivity contribution in [1.82, 2.24) is 19.5 Å². The smallest absolute Gasteiger partial charge is 0.245 e. The van der Waals surface area contributed by atoms with E-state index in [1.165, 1.54) is 18.5 Å². The summed E-state index contributed by atoms with van der Waals surface area (Å²) in [6, 6.07) is 3.69. The Kier molecular flexibility index (Phi) is 4.09. The first-order valence-electron chi connectivity index (χ1n) is 6.92. The molecule has 1 aromatic carbocycles. The highest BCUT2D eigenvalue weighted by atomic mass is 32.2. The van der Waals surface area contributed by atoms with Gasteiger partial charge in [-0.2, -0.15) is 14.4 Å². The molecule has 3 rings (SSSR count). The van der Waals surface area contributed by atoms with Crippen LogP contribution in [0.5, 0.6) is 0 Å². The van der Waals surface area contributed by atoms with Crippen molar-refractivity contribution in [2.45, 2.75) is 23.8 Å². The highest BCUT2D eigenvalue weighted by Crippen LogP contribution is 2.26. The third kappa shape index (κ3) is 3.08. The first-order chi connectivity index (χ1) is 11.0. The molecular formula is C13H14FN5O3S. The second kappa shape index (κ2) is 6.05. The molecule has 1 fully saturated rings. The monoisotopic (exact) mass is 339 g/mol. The summed E-state index contributed by atoms with van der Waals surface area (Å²) >= 11 is 0. The number of anilines is 1. The number of carbonyl (C=O) groups is 1. The molecule has 122 valence electrons. The molecule has 8 nitrogen and oxygen atoms in total. The minimum Gasteiger partial charge on any atom is -0.294 e. The molecule has 2 aromatic rings. The second-order valence-electron chi connectivity index (χ2n) is 5.05. The number of hydrogen-bond donors (Lipinski definition) is 2. The van der Waals surface area contributed by atoms with Crippen molar-refractivity contribution in [3.05, 3.63) is 36.4 Å². The number of aromatic amines is 1. The number of amides is 1. The standard InChI is InChI=1S/C13H14FN5O3S/c14-9-3-5-10(6-4-9)23(21,22)19-7-1-2-11(19)12(20)17-13-15-8-16-18-13/h3-6,8,11H,1-2,7H2,(H2,15,16,17,18,20). The molecular weight excluding hydrogens is 325 g/mol. The van der Waals surface area contributed by atoms with Gasteiger partial charge in [0.1, 0.15) is 18.2 Å². The van der Waals surface area contributed by atoms with Crippen LogP contribution < -0.4 is 5.32 Å². The lowest BCUT2D eigenvalue weighted by molar-refractivity contribution is -0.119. The van der Waals surface area contributed by atoms with Crippen molar-refractivity contribution >= 4 is 21.9 Å². The number of halogens is 1. The SMILES string of the molecule is O=C(Nc1ncn[nH]1)C1CCCN1S(=O)(=O)c1ccc(F)cc1. The molecule has 0 saturated carbocycles. The molecule has 1 unspecified atom stereocenters. The number of carbonyl (C=O) groups excluding carboxylic acids is 1. The van der Waals surface area contributed by atoms with E-state index in [1.54, 1.807) is 0 Å². The molecule has 0 radical (unpaired) electrons. The van der Waals surface area contributed by atoms with Gasteiger partial charge < -0.3 is 0 Å². The Morgan fingerprint density at radius 2 is 2.09 bits per heavy atom. The van der Waals surface area contributed by atoms with Crippen molar-refractivity contribution in [3.8, 4) is 0 Å². The van der Waals surface area contributed by atoms with Gasteiger partial charge in [-0.15, -0.1) is 0 Å². The van der Waals surface area contributed by atoms with Gasteiger partial charge in [0, 0.05) is 6.54 Å². The highest BCUT2D eigenvalue weighted by Gasteiger charge is 2.39. The summed E-state index contributed by atoms with van der Waals surface area (Å²) in [6.07, 6.45) is 2.20. The fraction of sp³-hybridized carbons (Fsp3) is 0.308. The Morgan fingerprint density at radius 3 is 2.74 bits per heavy atom. The van der Waals surface area contributed by atoms with Crippen molar-refractivity contribution in [3.63, 3.8) is 0 Å². The van der Waals surface area contributed by atoms with E-state index in [4.69, 9.17) is 0 Å². The molecule has 0 aliphatic carbocycles. The van der Waals surface area contributed by atoms with Gasteiger partial charge in [-0.05, 0) is 37.1 Å². The molecule has 1 aliphatic heterocycles. The summed E-state index contributed by atoms with van der Waals surface area (Å²) in [7, 11) is -3.87. The molecule has 1 amide bonds. The number of benzene rings is 1. The fourth-order valence-corrected chi connectivity index (χ4v) is 4.15. The van der Waals surface area contributed by atoms with Crippen molar-refractivity contribution in [2.75, 3.05) is 11.9 Å². The molecule has 1 aromatic heterocycles. The highest BCUT2D eigenvalue weighted by molar-refractivity contribution is 7.89. The zero-order chi connectivity index (χ0) is 16.4. The number of hydrogen-bond acceptors (Lipinski definition) is 5. The molecule has 10 heteroatoms. The van der Waals surface area contributed by atoms with Gasteiger partial charge >= 0.3 is 0 Å². The Balaban J connectivity index is 1.83. The average molecular weight is 339 g/mol. The van der Waals surface area contributed by atoms with Gasteiger partial charge in [-0.25, -0.2) is 17.9 Å². The normalized spacial score (nSPS) is 18.9. The summed E-state index contributed by atoms with van der Waals surface area (Å²) in [5, 5.41) is 8.58. The van der Waals surface area contributed by atoms with Gasteiger partial charge in [-0.1, -0.05) is 0 Å². The predicted molar refractivity (Wildman–Crippen MR) is 78.3 cm³/mol. The maximum Gasteiger partial charge on any atom is 0.245 e. The second-order valence-corrected chi connectivity index (χ2v) is 6.94. The van der Waals surface area contributed by atoms with E-state index in [9.17, 15) is 17.6 Å². The van der Waals surface area contributed by atoms with Crippen LogP contribution in [-0.2, 0) is 14.8 Å². The zero-order valence-corrected chi connectivity index (χ0v) is 12.8. The average Bonchev–Trinajstić information content (AvgIpc) is 3.19. The molecule has 1 saturated heterocycles. The van der Waals surface area contributed by atoms with Crippen LogP contribution in [0.25, 0.3) is 0 Å². The van der Waals surface area contributed by atoms with Crippen LogP contribution in [0.15, 0.2) is 35.5 Å². The van der Waals surface area contributed by atoms with Crippen molar-refractivity contribution < 1.29 is 17.6 Å². The van der Waals surface area contributed by atoms with Gasteiger partial charge in [0.2, 0.25) is 21.9 Å². The lowest BCUT2D eigenvalue weighted by Crippen LogP contribution is -2.43. The summed E-state index contributed by atoms with van der Waals surface area (Å²) < 4.78 is 39.4. The minimum absolute atomic E-state index is 0.0433. The topological polar surface area (TPSA) is 108 Å². The molecule has 0 spiro atoms. The van der Waals surface area contributed by atoms with E-state index >= 15 is 0 Å². The zero-order valence-electron chi connectivity index (χ0n) is 11.9. The Labute approximate surface area is 131 Å². The number of rotatable bonds is 4. The molecule has 23 heavy (non-hydrogen) atoms. The summed E-state index contributed by atoms with van der Waals surface area (Å²) in [6.45, 7) is 0.230. The maximum absolute atomic E-state index is 13.0. The van der Waals surface area contributed by atoms with Gasteiger partial charge in [-0.3, -0.25) is 10.1 Å². The lowest BCUT2D eigenvalue weighted by atomic mass is 10.2. The third-order valence-corrected chi connectivity index (χ3v) is 5.51. The Hall–Kier alpha value is -2.33. The molecule has 2 N–H and O–H groups in total. The van der Waals surface area contributed by atoms with Gasteiger partial charge in [0.15, 0.2) is 0 Å². The largest absolute Gasteiger partial charge is 0.294 e. The number of H-pyrrole nitrogens is 1. The first-order valence-corrected chi connectivity index (χ1v) is 8.36. The molecule has 1 atom stereocenters. The predicted octanol–water partition coefficient (Wildman–Crippen LogP) is 0.736. The van der Waals surface area contributed by atoms with E-state index in [1.807, 2.05) is 0 Å². The van der Waals surface area contributed by atoms with E-state index in [0.717, 1.165) is 16.4 Å². The van der Waals surface area contributed by atoms with Crippen LogP contribution in [-0.4, -0.2) is 46.4 Å². The van der Waals surface area contributed by atoms with E-state index in [0.29, 0.717) is 12.8 Å². The number of nitrogens with zero attached hydrogens (tertiary/aromatic N) is 3. The van der Waals surface area contributed by atoms with Crippen molar-refractivity contribution in [2.24, 2.45) is 0 Å². The van der Waals surface area contributed by atoms with Crippen LogP contribution in [0.4, 0.5) is 10.3 Å². The van der Waals surface area contributed by atoms with Gasteiger partial charge in [0.05, 0.1) is 4.90 Å². The van der Waals surface area contributed by atoms with Crippen LogP contribution >= 0.6 is 0 Å². The van der Waals surface area contributed by atoms with E-state index < -0.39 is 27.8 Å². The third-order valence-electron chi connectivity index (χ3n) is 3.58. The maximum atomic E-state index is 13.0. The van der Waals surface area contributed by atoms with E-state index in [2.05, 4.69) is 20.5 Å². The molecule has 2 heterocycles. The van der Waals surface area contributed by atoms with Crippen LogP contribution in [0.1, 0.15) is 12.8 Å². The lowest BCUT2D eigenvalue weighted by Gasteiger charge is -2.22. The van der Waals surface area contributed by atoms with E-state index in [-0.39, 0.29) is 17.4 Å².